The number of ether oxygens (including phenoxy) is 2. The number of pyridine rings is 1. The van der Waals surface area contributed by atoms with Crippen molar-refractivity contribution < 1.29 is 14.3 Å². The number of hydrogen-bond acceptors (Lipinski definition) is 4. The van der Waals surface area contributed by atoms with Crippen LogP contribution in [0.5, 0.6) is 17.4 Å². The highest BCUT2D eigenvalue weighted by Gasteiger charge is 2.12. The molecule has 3 aromatic rings. The number of rotatable bonds is 7. The van der Waals surface area contributed by atoms with Gasteiger partial charge < -0.3 is 14.8 Å². The van der Waals surface area contributed by atoms with Crippen LogP contribution >= 0.6 is 23.2 Å². The Morgan fingerprint density at radius 2 is 1.79 bits per heavy atom. The van der Waals surface area contributed by atoms with Crippen LogP contribution < -0.4 is 14.8 Å². The maximum absolute atomic E-state index is 12.1. The van der Waals surface area contributed by atoms with Crippen LogP contribution in [-0.4, -0.2) is 17.5 Å². The maximum Gasteiger partial charge on any atom is 0.258 e. The first-order chi connectivity index (χ1) is 13.5. The van der Waals surface area contributed by atoms with E-state index in [4.69, 9.17) is 32.7 Å². The third kappa shape index (κ3) is 5.62. The molecule has 28 heavy (non-hydrogen) atoms. The quantitative estimate of drug-likeness (QED) is 0.557. The number of carbonyl (C=O) groups is 1. The first-order valence-electron chi connectivity index (χ1n) is 8.57. The van der Waals surface area contributed by atoms with Gasteiger partial charge in [-0.3, -0.25) is 4.79 Å². The first kappa shape index (κ1) is 20.0. The zero-order chi connectivity index (χ0) is 19.9. The van der Waals surface area contributed by atoms with Crippen LogP contribution in [-0.2, 0) is 4.79 Å². The van der Waals surface area contributed by atoms with Crippen LogP contribution in [0.25, 0.3) is 0 Å². The number of carbonyl (C=O) groups excluding carboxylic acids is 1. The lowest BCUT2D eigenvalue weighted by Gasteiger charge is -2.15. The molecule has 0 aliphatic carbocycles. The molecule has 1 aromatic heterocycles. The Morgan fingerprint density at radius 1 is 1.04 bits per heavy atom. The molecule has 0 saturated carbocycles. The number of halogens is 2. The topological polar surface area (TPSA) is 60.5 Å². The van der Waals surface area contributed by atoms with E-state index in [2.05, 4.69) is 10.3 Å². The van der Waals surface area contributed by atoms with Gasteiger partial charge in [-0.05, 0) is 55.0 Å². The number of amides is 1. The van der Waals surface area contributed by atoms with Crippen molar-refractivity contribution >= 4 is 29.1 Å². The van der Waals surface area contributed by atoms with E-state index in [1.54, 1.807) is 48.7 Å². The van der Waals surface area contributed by atoms with Crippen LogP contribution in [0.4, 0.5) is 0 Å². The van der Waals surface area contributed by atoms with Gasteiger partial charge >= 0.3 is 0 Å². The molecule has 144 valence electrons. The van der Waals surface area contributed by atoms with Crippen LogP contribution in [0.3, 0.4) is 0 Å². The Labute approximate surface area is 173 Å². The van der Waals surface area contributed by atoms with E-state index in [0.717, 1.165) is 5.56 Å². The van der Waals surface area contributed by atoms with Crippen molar-refractivity contribution in [1.82, 2.24) is 10.3 Å². The van der Waals surface area contributed by atoms with Gasteiger partial charge in [0.2, 0.25) is 5.88 Å². The van der Waals surface area contributed by atoms with E-state index in [0.29, 0.717) is 27.4 Å². The van der Waals surface area contributed by atoms with Gasteiger partial charge in [-0.1, -0.05) is 35.3 Å². The zero-order valence-electron chi connectivity index (χ0n) is 15.1. The van der Waals surface area contributed by atoms with Gasteiger partial charge in [0.1, 0.15) is 11.5 Å². The lowest BCUT2D eigenvalue weighted by atomic mass is 10.1. The van der Waals surface area contributed by atoms with Gasteiger partial charge in [-0.25, -0.2) is 4.98 Å². The molecule has 3 rings (SSSR count). The Hall–Kier alpha value is -2.76. The number of nitrogens with one attached hydrogen (secondary N) is 1. The standard InChI is InChI=1S/C21H18Cl2N2O3/c1-14(15-5-10-18(22)19(23)12-15)25-20(26)13-27-16-6-8-17(9-7-16)28-21-4-2-3-11-24-21/h2-12,14H,13H2,1H3,(H,25,26). The summed E-state index contributed by atoms with van der Waals surface area (Å²) >= 11 is 11.9. The highest BCUT2D eigenvalue weighted by molar-refractivity contribution is 6.42. The predicted octanol–water partition coefficient (Wildman–Crippen LogP) is 5.44. The summed E-state index contributed by atoms with van der Waals surface area (Å²) in [5.41, 5.74) is 0.860. The molecule has 0 radical (unpaired) electrons. The van der Waals surface area contributed by atoms with Gasteiger partial charge in [-0.15, -0.1) is 0 Å². The maximum atomic E-state index is 12.1. The molecule has 0 aliphatic rings. The van der Waals surface area contributed by atoms with Crippen LogP contribution in [0.2, 0.25) is 10.0 Å². The van der Waals surface area contributed by atoms with Gasteiger partial charge in [0.05, 0.1) is 16.1 Å². The summed E-state index contributed by atoms with van der Waals surface area (Å²) in [5, 5.41) is 3.78. The average molecular weight is 417 g/mol. The largest absolute Gasteiger partial charge is 0.484 e. The van der Waals surface area contributed by atoms with Gasteiger partial charge in [-0.2, -0.15) is 0 Å². The molecule has 0 spiro atoms. The Morgan fingerprint density at radius 3 is 2.46 bits per heavy atom. The second-order valence-corrected chi connectivity index (χ2v) is 6.81. The molecular weight excluding hydrogens is 399 g/mol. The van der Waals surface area contributed by atoms with Crippen molar-refractivity contribution in [1.29, 1.82) is 0 Å². The molecule has 1 atom stereocenters. The van der Waals surface area contributed by atoms with Crippen molar-refractivity contribution in [2.24, 2.45) is 0 Å². The van der Waals surface area contributed by atoms with Gasteiger partial charge in [0, 0.05) is 12.3 Å². The summed E-state index contributed by atoms with van der Waals surface area (Å²) in [6.07, 6.45) is 1.66. The minimum absolute atomic E-state index is 0.105. The molecule has 1 amide bonds. The van der Waals surface area contributed by atoms with Crippen molar-refractivity contribution in [2.75, 3.05) is 6.61 Å². The molecule has 1 unspecified atom stereocenters. The summed E-state index contributed by atoms with van der Waals surface area (Å²) in [5.74, 6) is 1.45. The molecule has 1 heterocycles. The Bertz CT molecular complexity index is 934. The molecule has 0 bridgehead atoms. The van der Waals surface area contributed by atoms with Crippen molar-refractivity contribution in [3.63, 3.8) is 0 Å². The fourth-order valence-corrected chi connectivity index (χ4v) is 2.74. The first-order valence-corrected chi connectivity index (χ1v) is 9.33. The van der Waals surface area contributed by atoms with E-state index in [9.17, 15) is 4.79 Å². The number of aromatic nitrogens is 1. The number of nitrogens with zero attached hydrogens (tertiary/aromatic N) is 1. The fraction of sp³-hybridized carbons (Fsp3) is 0.143. The predicted molar refractivity (Wildman–Crippen MR) is 109 cm³/mol. The minimum Gasteiger partial charge on any atom is -0.484 e. The summed E-state index contributed by atoms with van der Waals surface area (Å²) in [6.45, 7) is 1.76. The van der Waals surface area contributed by atoms with Gasteiger partial charge in [0.25, 0.3) is 5.91 Å². The summed E-state index contributed by atoms with van der Waals surface area (Å²) in [6, 6.07) is 17.4. The van der Waals surface area contributed by atoms with E-state index in [-0.39, 0.29) is 18.6 Å². The van der Waals surface area contributed by atoms with E-state index >= 15 is 0 Å². The fourth-order valence-electron chi connectivity index (χ4n) is 2.43. The number of benzene rings is 2. The van der Waals surface area contributed by atoms with Crippen LogP contribution in [0, 0.1) is 0 Å². The summed E-state index contributed by atoms with van der Waals surface area (Å²) in [7, 11) is 0. The minimum atomic E-state index is -0.243. The smallest absolute Gasteiger partial charge is 0.258 e. The SMILES string of the molecule is CC(NC(=O)COc1ccc(Oc2ccccn2)cc1)c1ccc(Cl)c(Cl)c1. The zero-order valence-corrected chi connectivity index (χ0v) is 16.6. The molecule has 0 saturated heterocycles. The van der Waals surface area contributed by atoms with E-state index < -0.39 is 0 Å². The molecule has 0 aliphatic heterocycles. The van der Waals surface area contributed by atoms with Crippen molar-refractivity contribution in [3.8, 4) is 17.4 Å². The third-order valence-corrected chi connectivity index (χ3v) is 4.61. The van der Waals surface area contributed by atoms with Gasteiger partial charge in [0.15, 0.2) is 6.61 Å². The second kappa shape index (κ2) is 9.44. The Kier molecular flexibility index (Phi) is 6.74. The molecule has 2 aromatic carbocycles. The highest BCUT2D eigenvalue weighted by Crippen LogP contribution is 2.25. The molecule has 1 N–H and O–H groups in total. The third-order valence-electron chi connectivity index (χ3n) is 3.87. The lowest BCUT2D eigenvalue weighted by molar-refractivity contribution is -0.123. The van der Waals surface area contributed by atoms with Crippen LogP contribution in [0.15, 0.2) is 66.9 Å². The van der Waals surface area contributed by atoms with E-state index in [1.807, 2.05) is 25.1 Å². The molecule has 0 fully saturated rings. The normalized spacial score (nSPS) is 11.5. The van der Waals surface area contributed by atoms with Crippen molar-refractivity contribution in [3.05, 3.63) is 82.5 Å². The number of hydrogen-bond donors (Lipinski definition) is 1. The monoisotopic (exact) mass is 416 g/mol. The lowest BCUT2D eigenvalue weighted by Crippen LogP contribution is -2.31. The van der Waals surface area contributed by atoms with Crippen LogP contribution in [0.1, 0.15) is 18.5 Å². The Balaban J connectivity index is 1.49. The van der Waals surface area contributed by atoms with E-state index in [1.165, 1.54) is 0 Å². The average Bonchev–Trinajstić information content (AvgIpc) is 2.70. The highest BCUT2D eigenvalue weighted by atomic mass is 35.5. The van der Waals surface area contributed by atoms with Crippen molar-refractivity contribution in [2.45, 2.75) is 13.0 Å². The summed E-state index contributed by atoms with van der Waals surface area (Å²) in [4.78, 5) is 16.2. The second-order valence-electron chi connectivity index (χ2n) is 5.99. The molecule has 5 nitrogen and oxygen atoms in total. The summed E-state index contributed by atoms with van der Waals surface area (Å²) < 4.78 is 11.1. The molecular formula is C21H18Cl2N2O3. The molecule has 7 heteroatoms.